The van der Waals surface area contributed by atoms with E-state index < -0.39 is 0 Å². The van der Waals surface area contributed by atoms with Crippen molar-refractivity contribution in [3.63, 3.8) is 0 Å². The largest absolute Gasteiger partial charge is 0.683 e. The zero-order valence-corrected chi connectivity index (χ0v) is 6.27. The van der Waals surface area contributed by atoms with Gasteiger partial charge < -0.3 is 12.6 Å². The fourth-order valence-electron chi connectivity index (χ4n) is 0.554. The van der Waals surface area contributed by atoms with Crippen LogP contribution in [-0.4, -0.2) is 34.0 Å². The third kappa shape index (κ3) is 0.853. The summed E-state index contributed by atoms with van der Waals surface area (Å²) in [6, 6.07) is 0. The number of hydrogen-bond donors (Lipinski definition) is 0. The normalized spacial score (nSPS) is 18.9. The Labute approximate surface area is 59.4 Å². The fraction of sp³-hybridized carbons (Fsp3) is 0.400. The molecule has 0 unspecified atom stereocenters. The predicted molar refractivity (Wildman–Crippen MR) is 39.0 cm³/mol. The highest BCUT2D eigenvalue weighted by Gasteiger charge is 2.24. The van der Waals surface area contributed by atoms with Gasteiger partial charge in [0, 0.05) is 0 Å². The molecule has 0 bridgehead atoms. The molecule has 0 aliphatic carbocycles. The van der Waals surface area contributed by atoms with Crippen LogP contribution in [0.1, 0.15) is 6.92 Å². The Morgan fingerprint density at radius 1 is 1.67 bits per heavy atom. The minimum atomic E-state index is 0.572. The van der Waals surface area contributed by atoms with Crippen molar-refractivity contribution in [1.82, 2.24) is 0 Å². The lowest BCUT2D eigenvalue weighted by atomic mass is 10.7. The van der Waals surface area contributed by atoms with Gasteiger partial charge in [-0.25, -0.2) is 0 Å². The van der Waals surface area contributed by atoms with Crippen LogP contribution in [0.4, 0.5) is 0 Å². The average Bonchev–Trinajstić information content (AvgIpc) is 1.98. The number of hydrogen-bond acceptors (Lipinski definition) is 2. The first-order chi connectivity index (χ1) is 4.13. The molecule has 0 radical (unpaired) electrons. The second kappa shape index (κ2) is 1.88. The molecular formula is C5H8N3S+. The van der Waals surface area contributed by atoms with Gasteiger partial charge >= 0.3 is 5.84 Å². The van der Waals surface area contributed by atoms with Crippen LogP contribution >= 0.6 is 0 Å². The van der Waals surface area contributed by atoms with Crippen molar-refractivity contribution in [2.24, 2.45) is 5.10 Å². The maximum absolute atomic E-state index is 4.85. The van der Waals surface area contributed by atoms with E-state index >= 15 is 0 Å². The smallest absolute Gasteiger partial charge is 0.444 e. The second-order valence-corrected chi connectivity index (χ2v) is 2.25. The first-order valence-corrected chi connectivity index (χ1v) is 2.97. The number of amidine groups is 2. The monoisotopic (exact) mass is 142 g/mol. The molecule has 0 saturated carbocycles. The van der Waals surface area contributed by atoms with E-state index in [1.165, 1.54) is 4.68 Å². The van der Waals surface area contributed by atoms with Crippen molar-refractivity contribution in [1.29, 1.82) is 0 Å². The molecule has 0 atom stereocenters. The SMILES string of the molecule is C=[N+]1N=C([S-])[N+](C)=C1C. The van der Waals surface area contributed by atoms with Gasteiger partial charge in [-0.05, 0) is 4.68 Å². The predicted octanol–water partition coefficient (Wildman–Crippen LogP) is -0.408. The van der Waals surface area contributed by atoms with Crippen LogP contribution in [0.2, 0.25) is 0 Å². The third-order valence-electron chi connectivity index (χ3n) is 1.35. The molecule has 1 aliphatic rings. The summed E-state index contributed by atoms with van der Waals surface area (Å²) in [5, 5.41) is 4.47. The molecule has 3 nitrogen and oxygen atoms in total. The van der Waals surface area contributed by atoms with Gasteiger partial charge in [0.25, 0.3) is 0 Å². The van der Waals surface area contributed by atoms with E-state index in [-0.39, 0.29) is 0 Å². The Kier molecular flexibility index (Phi) is 1.32. The molecule has 1 heterocycles. The van der Waals surface area contributed by atoms with Gasteiger partial charge in [-0.3, -0.25) is 0 Å². The second-order valence-electron chi connectivity index (χ2n) is 1.89. The molecule has 0 saturated heterocycles. The highest BCUT2D eigenvalue weighted by atomic mass is 32.1. The van der Waals surface area contributed by atoms with Crippen molar-refractivity contribution in [2.75, 3.05) is 7.05 Å². The van der Waals surface area contributed by atoms with Crippen molar-refractivity contribution in [2.45, 2.75) is 6.92 Å². The molecule has 0 fully saturated rings. The van der Waals surface area contributed by atoms with Crippen molar-refractivity contribution in [3.8, 4) is 0 Å². The summed E-state index contributed by atoms with van der Waals surface area (Å²) in [7, 11) is 1.87. The molecule has 0 aromatic carbocycles. The first kappa shape index (κ1) is 6.35. The van der Waals surface area contributed by atoms with E-state index in [0.717, 1.165) is 5.84 Å². The van der Waals surface area contributed by atoms with Crippen LogP contribution in [0.25, 0.3) is 0 Å². The lowest BCUT2D eigenvalue weighted by molar-refractivity contribution is -0.456. The first-order valence-electron chi connectivity index (χ1n) is 2.56. The zero-order valence-electron chi connectivity index (χ0n) is 5.46. The minimum Gasteiger partial charge on any atom is -0.683 e. The van der Waals surface area contributed by atoms with Crippen LogP contribution < -0.4 is 0 Å². The Morgan fingerprint density at radius 2 is 2.22 bits per heavy atom. The molecule has 4 heteroatoms. The van der Waals surface area contributed by atoms with Crippen molar-refractivity contribution < 1.29 is 9.26 Å². The summed E-state index contributed by atoms with van der Waals surface area (Å²) in [4.78, 5) is 0. The zero-order chi connectivity index (χ0) is 7.02. The summed E-state index contributed by atoms with van der Waals surface area (Å²) in [6.07, 6.45) is 0. The number of hydrazone groups is 1. The lowest BCUT2D eigenvalue weighted by Gasteiger charge is -1.89. The highest BCUT2D eigenvalue weighted by Crippen LogP contribution is 1.92. The fourth-order valence-corrected chi connectivity index (χ4v) is 0.785. The molecule has 0 aromatic heterocycles. The minimum absolute atomic E-state index is 0.572. The third-order valence-corrected chi connectivity index (χ3v) is 1.71. The molecule has 48 valence electrons. The Bertz CT molecular complexity index is 226. The van der Waals surface area contributed by atoms with E-state index in [0.29, 0.717) is 5.17 Å². The lowest BCUT2D eigenvalue weighted by Crippen LogP contribution is -2.17. The summed E-state index contributed by atoms with van der Waals surface area (Å²) in [5.41, 5.74) is 0. The molecule has 1 aliphatic heterocycles. The van der Waals surface area contributed by atoms with E-state index in [2.05, 4.69) is 11.8 Å². The van der Waals surface area contributed by atoms with E-state index in [9.17, 15) is 0 Å². The Balaban J connectivity index is 3.11. The van der Waals surface area contributed by atoms with Gasteiger partial charge in [-0.2, -0.15) is 0 Å². The van der Waals surface area contributed by atoms with Crippen LogP contribution in [-0.2, 0) is 12.6 Å². The van der Waals surface area contributed by atoms with Crippen molar-refractivity contribution in [3.05, 3.63) is 0 Å². The number of nitrogens with zero attached hydrogens (tertiary/aromatic N) is 3. The van der Waals surface area contributed by atoms with Crippen molar-refractivity contribution >= 4 is 30.3 Å². The summed E-state index contributed by atoms with van der Waals surface area (Å²) >= 11 is 4.85. The maximum Gasteiger partial charge on any atom is 0.444 e. The molecule has 1 rings (SSSR count). The van der Waals surface area contributed by atoms with Gasteiger partial charge in [-0.15, -0.1) is 4.58 Å². The standard InChI is InChI=1S/C5H8N3S/c1-4-7(2)5(9)6-8(4)3/h3H2,1-2H3/q+1. The van der Waals surface area contributed by atoms with Gasteiger partial charge in [0.1, 0.15) is 7.05 Å². The Hall–Kier alpha value is -0.770. The van der Waals surface area contributed by atoms with Crippen LogP contribution in [0.15, 0.2) is 5.10 Å². The molecule has 0 spiro atoms. The summed E-state index contributed by atoms with van der Waals surface area (Å²) in [6.45, 7) is 5.53. The van der Waals surface area contributed by atoms with Crippen LogP contribution in [0, 0.1) is 0 Å². The van der Waals surface area contributed by atoms with Gasteiger partial charge in [0.05, 0.1) is 12.0 Å². The van der Waals surface area contributed by atoms with Gasteiger partial charge in [-0.1, -0.05) is 0 Å². The van der Waals surface area contributed by atoms with Crippen LogP contribution in [0.3, 0.4) is 0 Å². The van der Waals surface area contributed by atoms with Crippen LogP contribution in [0.5, 0.6) is 0 Å². The average molecular weight is 142 g/mol. The molecule has 9 heavy (non-hydrogen) atoms. The maximum atomic E-state index is 4.85. The highest BCUT2D eigenvalue weighted by molar-refractivity contribution is 7.76. The van der Waals surface area contributed by atoms with E-state index in [4.69, 9.17) is 12.6 Å². The summed E-state index contributed by atoms with van der Waals surface area (Å²) < 4.78 is 3.32. The quantitative estimate of drug-likeness (QED) is 0.332. The van der Waals surface area contributed by atoms with Gasteiger partial charge in [0.2, 0.25) is 5.17 Å². The topological polar surface area (TPSA) is 18.4 Å². The Morgan fingerprint density at radius 3 is 2.33 bits per heavy atom. The molecule has 0 amide bonds. The molecule has 0 N–H and O–H groups in total. The molecule has 0 aromatic rings. The van der Waals surface area contributed by atoms with E-state index in [1.54, 1.807) is 0 Å². The summed E-state index contributed by atoms with van der Waals surface area (Å²) in [5.74, 6) is 0.958. The van der Waals surface area contributed by atoms with Gasteiger partial charge in [0.15, 0.2) is 6.72 Å². The van der Waals surface area contributed by atoms with E-state index in [1.807, 2.05) is 18.5 Å². The number of rotatable bonds is 0. The molecular weight excluding hydrogens is 134 g/mol.